The number of aryl methyl sites for hydroxylation is 1. The maximum Gasteiger partial charge on any atom is 0.307 e. The lowest BCUT2D eigenvalue weighted by molar-refractivity contribution is -0.142. The summed E-state index contributed by atoms with van der Waals surface area (Å²) in [5.41, 5.74) is 2.61. The topological polar surface area (TPSA) is 49.3 Å². The fourth-order valence-electron chi connectivity index (χ4n) is 2.43. The third kappa shape index (κ3) is 5.74. The number of benzene rings is 1. The second kappa shape index (κ2) is 8.05. The first kappa shape index (κ1) is 16.7. The number of carboxylic acid groups (broad SMARTS) is 1. The molecule has 0 spiro atoms. The lowest BCUT2D eigenvalue weighted by atomic mass is 9.96. The molecular weight excluding hydrogens is 250 g/mol. The summed E-state index contributed by atoms with van der Waals surface area (Å²) in [5.74, 6) is -0.590. The van der Waals surface area contributed by atoms with E-state index < -0.39 is 5.97 Å². The molecule has 112 valence electrons. The molecule has 2 unspecified atom stereocenters. The van der Waals surface area contributed by atoms with Gasteiger partial charge in [-0.3, -0.25) is 4.79 Å². The Morgan fingerprint density at radius 2 is 1.90 bits per heavy atom. The van der Waals surface area contributed by atoms with Gasteiger partial charge in [0.2, 0.25) is 0 Å². The van der Waals surface area contributed by atoms with Crippen molar-refractivity contribution < 1.29 is 9.90 Å². The molecule has 0 saturated heterocycles. The van der Waals surface area contributed by atoms with Gasteiger partial charge in [0.1, 0.15) is 0 Å². The van der Waals surface area contributed by atoms with Gasteiger partial charge in [-0.2, -0.15) is 0 Å². The van der Waals surface area contributed by atoms with E-state index >= 15 is 0 Å². The smallest absolute Gasteiger partial charge is 0.307 e. The normalized spacial score (nSPS) is 14.2. The Kier molecular flexibility index (Phi) is 6.73. The van der Waals surface area contributed by atoms with E-state index in [1.54, 1.807) is 0 Å². The van der Waals surface area contributed by atoms with Crippen LogP contribution >= 0.6 is 0 Å². The summed E-state index contributed by atoms with van der Waals surface area (Å²) in [6.07, 6.45) is 1.65. The molecule has 3 nitrogen and oxygen atoms in total. The van der Waals surface area contributed by atoms with Crippen molar-refractivity contribution in [3.05, 3.63) is 35.4 Å². The Labute approximate surface area is 122 Å². The molecule has 1 rings (SSSR count). The van der Waals surface area contributed by atoms with Crippen molar-refractivity contribution in [2.24, 2.45) is 11.8 Å². The highest BCUT2D eigenvalue weighted by molar-refractivity contribution is 5.70. The molecule has 0 amide bonds. The zero-order valence-electron chi connectivity index (χ0n) is 13.0. The Morgan fingerprint density at radius 3 is 2.45 bits per heavy atom. The first-order valence-corrected chi connectivity index (χ1v) is 7.40. The molecule has 2 atom stereocenters. The highest BCUT2D eigenvalue weighted by Crippen LogP contribution is 2.13. The maximum atomic E-state index is 11.2. The van der Waals surface area contributed by atoms with Crippen LogP contribution in [0.1, 0.15) is 38.3 Å². The monoisotopic (exact) mass is 277 g/mol. The first-order chi connectivity index (χ1) is 9.40. The molecule has 3 heteroatoms. The van der Waals surface area contributed by atoms with Crippen molar-refractivity contribution in [2.75, 3.05) is 6.54 Å². The fourth-order valence-corrected chi connectivity index (χ4v) is 2.43. The van der Waals surface area contributed by atoms with Gasteiger partial charge in [0.05, 0.1) is 5.92 Å². The highest BCUT2D eigenvalue weighted by atomic mass is 16.4. The lowest BCUT2D eigenvalue weighted by Crippen LogP contribution is -2.36. The third-order valence-corrected chi connectivity index (χ3v) is 3.61. The molecule has 0 heterocycles. The number of carbonyl (C=O) groups is 1. The Balaban J connectivity index is 2.47. The SMILES string of the molecule is Cc1ccccc1CC(C)NCC(CC(C)C)C(=O)O. The largest absolute Gasteiger partial charge is 0.481 e. The van der Waals surface area contributed by atoms with E-state index in [-0.39, 0.29) is 12.0 Å². The van der Waals surface area contributed by atoms with Crippen molar-refractivity contribution in [3.8, 4) is 0 Å². The van der Waals surface area contributed by atoms with Gasteiger partial charge in [-0.25, -0.2) is 0 Å². The number of aliphatic carboxylic acids is 1. The van der Waals surface area contributed by atoms with E-state index in [1.807, 2.05) is 12.1 Å². The number of rotatable bonds is 8. The Hall–Kier alpha value is -1.35. The van der Waals surface area contributed by atoms with Gasteiger partial charge in [-0.05, 0) is 43.7 Å². The molecule has 1 aromatic rings. The molecule has 0 aromatic heterocycles. The standard InChI is InChI=1S/C17H27NO2/c1-12(2)9-16(17(19)20)11-18-14(4)10-15-8-6-5-7-13(15)3/h5-8,12,14,16,18H,9-11H2,1-4H3,(H,19,20). The summed E-state index contributed by atoms with van der Waals surface area (Å²) in [6.45, 7) is 8.89. The van der Waals surface area contributed by atoms with Crippen molar-refractivity contribution in [1.29, 1.82) is 0 Å². The number of carboxylic acids is 1. The predicted octanol–water partition coefficient (Wildman–Crippen LogP) is 3.26. The van der Waals surface area contributed by atoms with E-state index in [1.165, 1.54) is 11.1 Å². The average Bonchev–Trinajstić information content (AvgIpc) is 2.36. The zero-order chi connectivity index (χ0) is 15.1. The molecule has 0 bridgehead atoms. The van der Waals surface area contributed by atoms with Crippen LogP contribution in [0.4, 0.5) is 0 Å². The van der Waals surface area contributed by atoms with Crippen LogP contribution in [0.25, 0.3) is 0 Å². The van der Waals surface area contributed by atoms with Gasteiger partial charge < -0.3 is 10.4 Å². The molecule has 20 heavy (non-hydrogen) atoms. The van der Waals surface area contributed by atoms with E-state index in [4.69, 9.17) is 0 Å². The van der Waals surface area contributed by atoms with Crippen LogP contribution in [0.5, 0.6) is 0 Å². The molecule has 2 N–H and O–H groups in total. The van der Waals surface area contributed by atoms with Gasteiger partial charge >= 0.3 is 5.97 Å². The van der Waals surface area contributed by atoms with Crippen molar-refractivity contribution in [2.45, 2.75) is 46.6 Å². The molecule has 0 radical (unpaired) electrons. The number of nitrogens with one attached hydrogen (secondary N) is 1. The molecule has 0 aliphatic carbocycles. The van der Waals surface area contributed by atoms with E-state index in [9.17, 15) is 9.90 Å². The van der Waals surface area contributed by atoms with E-state index in [0.29, 0.717) is 12.5 Å². The summed E-state index contributed by atoms with van der Waals surface area (Å²) in [4.78, 5) is 11.2. The minimum absolute atomic E-state index is 0.283. The molecule has 1 aromatic carbocycles. The third-order valence-electron chi connectivity index (χ3n) is 3.61. The molecule has 0 aliphatic rings. The van der Waals surface area contributed by atoms with Crippen LogP contribution in [0.15, 0.2) is 24.3 Å². The van der Waals surface area contributed by atoms with Crippen LogP contribution in [0.2, 0.25) is 0 Å². The second-order valence-corrected chi connectivity index (χ2v) is 6.10. The maximum absolute atomic E-state index is 11.2. The average molecular weight is 277 g/mol. The van der Waals surface area contributed by atoms with Crippen LogP contribution in [0.3, 0.4) is 0 Å². The van der Waals surface area contributed by atoms with Gasteiger partial charge in [0.15, 0.2) is 0 Å². The van der Waals surface area contributed by atoms with E-state index in [0.717, 1.165) is 12.8 Å². The van der Waals surface area contributed by atoms with Crippen LogP contribution in [-0.2, 0) is 11.2 Å². The highest BCUT2D eigenvalue weighted by Gasteiger charge is 2.19. The van der Waals surface area contributed by atoms with Crippen molar-refractivity contribution >= 4 is 5.97 Å². The minimum atomic E-state index is -0.700. The molecule has 0 saturated carbocycles. The summed E-state index contributed by atoms with van der Waals surface area (Å²) in [5, 5.41) is 12.6. The summed E-state index contributed by atoms with van der Waals surface area (Å²) in [6, 6.07) is 8.62. The van der Waals surface area contributed by atoms with Crippen molar-refractivity contribution in [3.63, 3.8) is 0 Å². The molecule has 0 fully saturated rings. The van der Waals surface area contributed by atoms with Crippen LogP contribution in [0, 0.1) is 18.8 Å². The second-order valence-electron chi connectivity index (χ2n) is 6.10. The molecular formula is C17H27NO2. The molecule has 0 aliphatic heterocycles. The minimum Gasteiger partial charge on any atom is -0.481 e. The lowest BCUT2D eigenvalue weighted by Gasteiger charge is -2.20. The van der Waals surface area contributed by atoms with Crippen LogP contribution < -0.4 is 5.32 Å². The summed E-state index contributed by atoms with van der Waals surface area (Å²) >= 11 is 0. The van der Waals surface area contributed by atoms with E-state index in [2.05, 4.69) is 45.1 Å². The number of hydrogen-bond donors (Lipinski definition) is 2. The Morgan fingerprint density at radius 1 is 1.25 bits per heavy atom. The Bertz CT molecular complexity index is 429. The summed E-state index contributed by atoms with van der Waals surface area (Å²) in [7, 11) is 0. The number of hydrogen-bond acceptors (Lipinski definition) is 2. The summed E-state index contributed by atoms with van der Waals surface area (Å²) < 4.78 is 0. The van der Waals surface area contributed by atoms with Gasteiger partial charge in [-0.1, -0.05) is 38.1 Å². The quantitative estimate of drug-likeness (QED) is 0.767. The van der Waals surface area contributed by atoms with Gasteiger partial charge in [-0.15, -0.1) is 0 Å². The fraction of sp³-hybridized carbons (Fsp3) is 0.588. The predicted molar refractivity (Wildman–Crippen MR) is 82.9 cm³/mol. The van der Waals surface area contributed by atoms with Crippen molar-refractivity contribution in [1.82, 2.24) is 5.32 Å². The first-order valence-electron chi connectivity index (χ1n) is 7.40. The van der Waals surface area contributed by atoms with Gasteiger partial charge in [0, 0.05) is 12.6 Å². The van der Waals surface area contributed by atoms with Gasteiger partial charge in [0.25, 0.3) is 0 Å². The zero-order valence-corrected chi connectivity index (χ0v) is 13.0. The van der Waals surface area contributed by atoms with Crippen LogP contribution in [-0.4, -0.2) is 23.7 Å².